The number of aromatic amines is 1. The van der Waals surface area contributed by atoms with E-state index in [0.29, 0.717) is 5.69 Å². The van der Waals surface area contributed by atoms with Crippen molar-refractivity contribution in [1.82, 2.24) is 15.0 Å². The third kappa shape index (κ3) is 1.98. The van der Waals surface area contributed by atoms with Crippen LogP contribution in [-0.2, 0) is 0 Å². The lowest BCUT2D eigenvalue weighted by Gasteiger charge is -2.02. The number of nitrogens with two attached hydrogens (primary N) is 1. The first-order valence-electron chi connectivity index (χ1n) is 4.64. The van der Waals surface area contributed by atoms with Gasteiger partial charge in [-0.25, -0.2) is 4.98 Å². The standard InChI is InChI=1S/C10H8N4O3/c11-8(16)6-7(15)10(17)14-9(13-6)5-3-1-2-4-12-5/h1-4,15H,(H2,11,16)(H,13,14,17). The summed E-state index contributed by atoms with van der Waals surface area (Å²) in [5.41, 5.74) is 4.05. The normalized spacial score (nSPS) is 10.1. The van der Waals surface area contributed by atoms with Crippen molar-refractivity contribution in [2.45, 2.75) is 0 Å². The molecule has 86 valence electrons. The Bertz CT molecular complexity index is 621. The van der Waals surface area contributed by atoms with Crippen molar-refractivity contribution in [2.75, 3.05) is 0 Å². The highest BCUT2D eigenvalue weighted by Gasteiger charge is 2.15. The predicted octanol–water partition coefficient (Wildman–Crippen LogP) is -0.364. The highest BCUT2D eigenvalue weighted by Crippen LogP contribution is 2.13. The molecule has 0 fully saturated rings. The van der Waals surface area contributed by atoms with Crippen LogP contribution < -0.4 is 11.3 Å². The Morgan fingerprint density at radius 2 is 2.18 bits per heavy atom. The first-order valence-corrected chi connectivity index (χ1v) is 4.64. The number of hydrogen-bond donors (Lipinski definition) is 3. The Labute approximate surface area is 95.0 Å². The quantitative estimate of drug-likeness (QED) is 0.652. The molecule has 0 aliphatic heterocycles. The molecule has 17 heavy (non-hydrogen) atoms. The molecule has 0 aromatic carbocycles. The lowest BCUT2D eigenvalue weighted by Crippen LogP contribution is -2.20. The van der Waals surface area contributed by atoms with Gasteiger partial charge in [0, 0.05) is 6.20 Å². The van der Waals surface area contributed by atoms with E-state index in [1.165, 1.54) is 6.20 Å². The molecule has 0 radical (unpaired) electrons. The van der Waals surface area contributed by atoms with Crippen molar-refractivity contribution < 1.29 is 9.90 Å². The predicted molar refractivity (Wildman–Crippen MR) is 58.3 cm³/mol. The third-order valence-corrected chi connectivity index (χ3v) is 2.04. The lowest BCUT2D eigenvalue weighted by atomic mass is 10.3. The second-order valence-corrected chi connectivity index (χ2v) is 3.19. The SMILES string of the molecule is NC(=O)c1nc(-c2ccccn2)[nH]c(=O)c1O. The average molecular weight is 232 g/mol. The Balaban J connectivity index is 2.66. The van der Waals surface area contributed by atoms with Gasteiger partial charge in [-0.1, -0.05) is 6.07 Å². The molecule has 7 nitrogen and oxygen atoms in total. The summed E-state index contributed by atoms with van der Waals surface area (Å²) in [6.45, 7) is 0. The molecule has 2 aromatic rings. The van der Waals surface area contributed by atoms with Gasteiger partial charge in [0.2, 0.25) is 5.75 Å². The first kappa shape index (κ1) is 10.8. The van der Waals surface area contributed by atoms with Crippen molar-refractivity contribution in [1.29, 1.82) is 0 Å². The molecule has 2 heterocycles. The van der Waals surface area contributed by atoms with Crippen molar-refractivity contribution in [2.24, 2.45) is 5.73 Å². The number of amides is 1. The zero-order valence-electron chi connectivity index (χ0n) is 8.54. The zero-order chi connectivity index (χ0) is 12.4. The number of H-pyrrole nitrogens is 1. The second kappa shape index (κ2) is 4.05. The second-order valence-electron chi connectivity index (χ2n) is 3.19. The number of aromatic hydroxyl groups is 1. The van der Waals surface area contributed by atoms with Crippen LogP contribution in [0.4, 0.5) is 0 Å². The van der Waals surface area contributed by atoms with Gasteiger partial charge in [-0.15, -0.1) is 0 Å². The maximum atomic E-state index is 11.4. The Kier molecular flexibility index (Phi) is 2.57. The minimum Gasteiger partial charge on any atom is -0.501 e. The van der Waals surface area contributed by atoms with Crippen LogP contribution in [0.25, 0.3) is 11.5 Å². The molecule has 0 aliphatic rings. The summed E-state index contributed by atoms with van der Waals surface area (Å²) in [5.74, 6) is -1.70. The average Bonchev–Trinajstić information content (AvgIpc) is 2.33. The summed E-state index contributed by atoms with van der Waals surface area (Å²) in [7, 11) is 0. The number of hydrogen-bond acceptors (Lipinski definition) is 5. The number of carbonyl (C=O) groups is 1. The van der Waals surface area contributed by atoms with Crippen molar-refractivity contribution in [3.05, 3.63) is 40.4 Å². The number of carbonyl (C=O) groups excluding carboxylic acids is 1. The minimum atomic E-state index is -0.981. The Morgan fingerprint density at radius 3 is 2.76 bits per heavy atom. The van der Waals surface area contributed by atoms with Gasteiger partial charge in [0.25, 0.3) is 11.5 Å². The minimum absolute atomic E-state index is 0.0715. The lowest BCUT2D eigenvalue weighted by molar-refractivity contribution is 0.0992. The molecule has 1 amide bonds. The molecule has 0 unspecified atom stereocenters. The van der Waals surface area contributed by atoms with Crippen LogP contribution in [0.3, 0.4) is 0 Å². The summed E-state index contributed by atoms with van der Waals surface area (Å²) < 4.78 is 0. The highest BCUT2D eigenvalue weighted by atomic mass is 16.3. The molecule has 2 aromatic heterocycles. The number of pyridine rings is 1. The van der Waals surface area contributed by atoms with Gasteiger partial charge in [0.1, 0.15) is 5.69 Å². The van der Waals surface area contributed by atoms with E-state index in [0.717, 1.165) is 0 Å². The van der Waals surface area contributed by atoms with Gasteiger partial charge < -0.3 is 15.8 Å². The Hall–Kier alpha value is -2.70. The fraction of sp³-hybridized carbons (Fsp3) is 0. The van der Waals surface area contributed by atoms with Crippen LogP contribution in [-0.4, -0.2) is 26.0 Å². The molecular weight excluding hydrogens is 224 g/mol. The zero-order valence-corrected chi connectivity index (χ0v) is 8.54. The first-order chi connectivity index (χ1) is 8.09. The van der Waals surface area contributed by atoms with Crippen molar-refractivity contribution in [3.63, 3.8) is 0 Å². The molecule has 0 bridgehead atoms. The maximum Gasteiger partial charge on any atom is 0.294 e. The number of primary amides is 1. The van der Waals surface area contributed by atoms with E-state index in [9.17, 15) is 14.7 Å². The summed E-state index contributed by atoms with van der Waals surface area (Å²) >= 11 is 0. The topological polar surface area (TPSA) is 122 Å². The van der Waals surface area contributed by atoms with Gasteiger partial charge in [-0.2, -0.15) is 0 Å². The smallest absolute Gasteiger partial charge is 0.294 e. The molecule has 7 heteroatoms. The van der Waals surface area contributed by atoms with Gasteiger partial charge in [0.15, 0.2) is 11.5 Å². The van der Waals surface area contributed by atoms with Gasteiger partial charge >= 0.3 is 0 Å². The number of rotatable bonds is 2. The fourth-order valence-electron chi connectivity index (χ4n) is 1.26. The summed E-state index contributed by atoms with van der Waals surface area (Å²) in [4.78, 5) is 32.4. The van der Waals surface area contributed by atoms with Crippen LogP contribution in [0, 0.1) is 0 Å². The largest absolute Gasteiger partial charge is 0.501 e. The van der Waals surface area contributed by atoms with Crippen LogP contribution in [0.2, 0.25) is 0 Å². The van der Waals surface area contributed by atoms with Crippen molar-refractivity contribution in [3.8, 4) is 17.3 Å². The van der Waals surface area contributed by atoms with Crippen LogP contribution in [0.5, 0.6) is 5.75 Å². The van der Waals surface area contributed by atoms with E-state index in [1.807, 2.05) is 0 Å². The highest BCUT2D eigenvalue weighted by molar-refractivity contribution is 5.93. The van der Waals surface area contributed by atoms with Gasteiger partial charge in [-0.05, 0) is 12.1 Å². The monoisotopic (exact) mass is 232 g/mol. The summed E-state index contributed by atoms with van der Waals surface area (Å²) in [5, 5.41) is 9.31. The van der Waals surface area contributed by atoms with Crippen LogP contribution in [0.1, 0.15) is 10.5 Å². The van der Waals surface area contributed by atoms with E-state index >= 15 is 0 Å². The van der Waals surface area contributed by atoms with Crippen molar-refractivity contribution >= 4 is 5.91 Å². The molecule has 0 aliphatic carbocycles. The van der Waals surface area contributed by atoms with E-state index < -0.39 is 22.9 Å². The molecule has 0 spiro atoms. The van der Waals surface area contributed by atoms with Crippen LogP contribution in [0.15, 0.2) is 29.2 Å². The van der Waals surface area contributed by atoms with E-state index in [-0.39, 0.29) is 5.82 Å². The maximum absolute atomic E-state index is 11.4. The van der Waals surface area contributed by atoms with E-state index in [1.54, 1.807) is 18.2 Å². The molecule has 4 N–H and O–H groups in total. The molecule has 0 saturated carbocycles. The number of nitrogens with one attached hydrogen (secondary N) is 1. The molecule has 0 saturated heterocycles. The molecular formula is C10H8N4O3. The fourth-order valence-corrected chi connectivity index (χ4v) is 1.26. The number of nitrogens with zero attached hydrogens (tertiary/aromatic N) is 2. The number of aromatic nitrogens is 3. The summed E-state index contributed by atoms with van der Waals surface area (Å²) in [6, 6.07) is 4.98. The van der Waals surface area contributed by atoms with Crippen LogP contribution >= 0.6 is 0 Å². The molecule has 0 atom stereocenters. The van der Waals surface area contributed by atoms with E-state index in [2.05, 4.69) is 15.0 Å². The third-order valence-electron chi connectivity index (χ3n) is 2.04. The van der Waals surface area contributed by atoms with Gasteiger partial charge in [0.05, 0.1) is 0 Å². The van der Waals surface area contributed by atoms with E-state index in [4.69, 9.17) is 5.73 Å². The molecule has 2 rings (SSSR count). The summed E-state index contributed by atoms with van der Waals surface area (Å²) in [6.07, 6.45) is 1.51. The van der Waals surface area contributed by atoms with Gasteiger partial charge in [-0.3, -0.25) is 14.6 Å². The Morgan fingerprint density at radius 1 is 1.41 bits per heavy atom.